The Labute approximate surface area is 185 Å². The summed E-state index contributed by atoms with van der Waals surface area (Å²) >= 11 is 0. The summed E-state index contributed by atoms with van der Waals surface area (Å²) in [5.74, 6) is 0.997. The Bertz CT molecular complexity index is 1160. The smallest absolute Gasteiger partial charge is 0.261 e. The molecule has 2 aromatic heterocycles. The van der Waals surface area contributed by atoms with Crippen molar-refractivity contribution in [1.29, 1.82) is 0 Å². The lowest BCUT2D eigenvalue weighted by molar-refractivity contribution is 0.0650. The van der Waals surface area contributed by atoms with E-state index in [-0.39, 0.29) is 11.2 Å². The van der Waals surface area contributed by atoms with Gasteiger partial charge in [0.15, 0.2) is 11.5 Å². The lowest BCUT2D eigenvalue weighted by atomic mass is 10.0. The van der Waals surface area contributed by atoms with Gasteiger partial charge in [0.25, 0.3) is 5.89 Å². The zero-order valence-electron chi connectivity index (χ0n) is 18.0. The summed E-state index contributed by atoms with van der Waals surface area (Å²) in [6.07, 6.45) is 4.17. The average Bonchev–Trinajstić information content (AvgIpc) is 3.25. The number of pyridine rings is 1. The number of aromatic nitrogens is 3. The summed E-state index contributed by atoms with van der Waals surface area (Å²) in [4.78, 5) is 14.6. The second-order valence-corrected chi connectivity index (χ2v) is 8.46. The maximum Gasteiger partial charge on any atom is 0.261 e. The molecule has 2 aliphatic rings. The molecule has 2 fully saturated rings. The van der Waals surface area contributed by atoms with Crippen LogP contribution in [0.4, 0.5) is 15.9 Å². The molecule has 1 aromatic carbocycles. The number of aryl methyl sites for hydroxylation is 1. The van der Waals surface area contributed by atoms with Crippen LogP contribution in [0.15, 0.2) is 22.7 Å². The zero-order chi connectivity index (χ0) is 22.1. The van der Waals surface area contributed by atoms with Crippen molar-refractivity contribution < 1.29 is 13.7 Å². The van der Waals surface area contributed by atoms with Gasteiger partial charge >= 0.3 is 0 Å². The van der Waals surface area contributed by atoms with Gasteiger partial charge in [-0.2, -0.15) is 4.98 Å². The van der Waals surface area contributed by atoms with Crippen molar-refractivity contribution in [2.24, 2.45) is 0 Å². The monoisotopic (exact) mass is 436 g/mol. The van der Waals surface area contributed by atoms with E-state index in [4.69, 9.17) is 15.8 Å². The Kier molecular flexibility index (Phi) is 5.72. The Morgan fingerprint density at radius 1 is 1.16 bits per heavy atom. The van der Waals surface area contributed by atoms with Crippen LogP contribution in [0.25, 0.3) is 27.2 Å². The number of halogens is 1. The molecule has 32 heavy (non-hydrogen) atoms. The van der Waals surface area contributed by atoms with E-state index in [9.17, 15) is 4.39 Å². The average molecular weight is 436 g/mol. The summed E-state index contributed by atoms with van der Waals surface area (Å²) in [5, 5.41) is 8.18. The number of hydrogen-bond acceptors (Lipinski definition) is 7. The lowest BCUT2D eigenvalue weighted by Crippen LogP contribution is -2.48. The second kappa shape index (κ2) is 8.81. The lowest BCUT2D eigenvalue weighted by Gasteiger charge is -2.36. The van der Waals surface area contributed by atoms with Gasteiger partial charge in [0.1, 0.15) is 17.2 Å². The summed E-state index contributed by atoms with van der Waals surface area (Å²) in [6.45, 7) is 12.2. The summed E-state index contributed by atoms with van der Waals surface area (Å²) in [6, 6.07) is 5.50. The van der Waals surface area contributed by atoms with Crippen LogP contribution in [0.5, 0.6) is 0 Å². The molecule has 0 bridgehead atoms. The number of anilines is 1. The molecule has 1 atom stereocenters. The molecule has 0 radical (unpaired) electrons. The molecule has 166 valence electrons. The maximum atomic E-state index is 14.7. The molecule has 5 rings (SSSR count). The van der Waals surface area contributed by atoms with Gasteiger partial charge in [0.05, 0.1) is 18.7 Å². The number of ether oxygens (including phenoxy) is 1. The van der Waals surface area contributed by atoms with Crippen LogP contribution in [0.2, 0.25) is 0 Å². The highest BCUT2D eigenvalue weighted by Gasteiger charge is 2.27. The molecule has 1 N–H and O–H groups in total. The normalized spacial score (nSPS) is 19.9. The summed E-state index contributed by atoms with van der Waals surface area (Å²) < 4.78 is 25.8. The Hall–Kier alpha value is -3.09. The van der Waals surface area contributed by atoms with E-state index in [1.807, 2.05) is 0 Å². The van der Waals surface area contributed by atoms with Gasteiger partial charge in [0.2, 0.25) is 0 Å². The summed E-state index contributed by atoms with van der Waals surface area (Å²) in [7, 11) is 0. The third kappa shape index (κ3) is 4.16. The van der Waals surface area contributed by atoms with E-state index < -0.39 is 5.82 Å². The van der Waals surface area contributed by atoms with Crippen molar-refractivity contribution in [3.8, 4) is 11.5 Å². The van der Waals surface area contributed by atoms with Crippen LogP contribution in [0.1, 0.15) is 31.5 Å². The molecular formula is C23H25FN6O2. The molecule has 0 unspecified atom stereocenters. The van der Waals surface area contributed by atoms with Crippen LogP contribution in [-0.4, -0.2) is 53.5 Å². The number of hydrogen-bond donors (Lipinski definition) is 1. The molecule has 0 spiro atoms. The molecule has 2 saturated heterocycles. The van der Waals surface area contributed by atoms with Crippen molar-refractivity contribution in [1.82, 2.24) is 20.4 Å². The Balaban J connectivity index is 1.44. The van der Waals surface area contributed by atoms with Gasteiger partial charge in [-0.3, -0.25) is 0 Å². The van der Waals surface area contributed by atoms with Crippen LogP contribution >= 0.6 is 0 Å². The second-order valence-electron chi connectivity index (χ2n) is 8.46. The topological polar surface area (TPSA) is 80.7 Å². The molecule has 0 amide bonds. The molecule has 2 aliphatic heterocycles. The molecule has 3 aromatic rings. The van der Waals surface area contributed by atoms with E-state index in [0.717, 1.165) is 52.0 Å². The highest BCUT2D eigenvalue weighted by molar-refractivity contribution is 5.90. The summed E-state index contributed by atoms with van der Waals surface area (Å²) in [5.41, 5.74) is 1.13. The van der Waals surface area contributed by atoms with E-state index in [0.29, 0.717) is 40.6 Å². The molecule has 8 nitrogen and oxygen atoms in total. The largest absolute Gasteiger partial charge is 0.380 e. The number of rotatable bonds is 4. The van der Waals surface area contributed by atoms with Crippen molar-refractivity contribution in [3.63, 3.8) is 0 Å². The van der Waals surface area contributed by atoms with Crippen molar-refractivity contribution in [2.45, 2.75) is 44.7 Å². The van der Waals surface area contributed by atoms with Gasteiger partial charge in [-0.05, 0) is 56.2 Å². The number of nitrogens with zero attached hydrogens (tertiary/aromatic N) is 5. The Morgan fingerprint density at radius 2 is 2.00 bits per heavy atom. The fraction of sp³-hybridized carbons (Fsp3) is 0.478. The van der Waals surface area contributed by atoms with Crippen molar-refractivity contribution >= 4 is 22.4 Å². The third-order valence-electron chi connectivity index (χ3n) is 6.15. The van der Waals surface area contributed by atoms with Crippen molar-refractivity contribution in [2.75, 3.05) is 31.2 Å². The van der Waals surface area contributed by atoms with Crippen LogP contribution in [0, 0.1) is 19.3 Å². The van der Waals surface area contributed by atoms with Crippen LogP contribution < -0.4 is 10.2 Å². The highest BCUT2D eigenvalue weighted by atomic mass is 19.1. The first-order valence-corrected chi connectivity index (χ1v) is 11.0. The zero-order valence-corrected chi connectivity index (χ0v) is 18.0. The van der Waals surface area contributed by atoms with E-state index in [1.165, 1.54) is 6.07 Å². The minimum absolute atomic E-state index is 0.232. The maximum absolute atomic E-state index is 14.7. The molecule has 0 saturated carbocycles. The standard InChI is InChI=1S/C23H25FN6O2/c1-14-26-23(32-29-14)19-11-15-10-18(25-2)12-20(24)21(15)28-22(19)30-7-5-16(6-8-30)27-17-4-3-9-31-13-17/h10-12,16-17,27H,3-9,13H2,1H3/t17-/m1/s1. The van der Waals surface area contributed by atoms with Crippen molar-refractivity contribution in [3.05, 3.63) is 41.3 Å². The predicted molar refractivity (Wildman–Crippen MR) is 118 cm³/mol. The fourth-order valence-corrected chi connectivity index (χ4v) is 4.55. The third-order valence-corrected chi connectivity index (χ3v) is 6.15. The Morgan fingerprint density at radius 3 is 2.69 bits per heavy atom. The fourth-order valence-electron chi connectivity index (χ4n) is 4.55. The molecular weight excluding hydrogens is 411 g/mol. The number of piperidine rings is 1. The molecule has 4 heterocycles. The van der Waals surface area contributed by atoms with E-state index in [1.54, 1.807) is 19.1 Å². The van der Waals surface area contributed by atoms with Gasteiger partial charge in [-0.25, -0.2) is 14.2 Å². The first-order chi connectivity index (χ1) is 15.6. The van der Waals surface area contributed by atoms with E-state index >= 15 is 0 Å². The first-order valence-electron chi connectivity index (χ1n) is 11.0. The number of benzene rings is 1. The molecule has 9 heteroatoms. The minimum Gasteiger partial charge on any atom is -0.380 e. The van der Waals surface area contributed by atoms with E-state index in [2.05, 4.69) is 30.2 Å². The first kappa shape index (κ1) is 20.8. The SMILES string of the molecule is [C-]#[N+]c1cc(F)c2nc(N3CCC(N[C@@H]4CCCOC4)CC3)c(-c3nc(C)no3)cc2c1. The van der Waals surface area contributed by atoms with Crippen LogP contribution in [-0.2, 0) is 4.74 Å². The molecule has 0 aliphatic carbocycles. The van der Waals surface area contributed by atoms with Crippen LogP contribution in [0.3, 0.4) is 0 Å². The van der Waals surface area contributed by atoms with Gasteiger partial charge in [-0.1, -0.05) is 5.16 Å². The highest BCUT2D eigenvalue weighted by Crippen LogP contribution is 2.35. The minimum atomic E-state index is -0.503. The van der Waals surface area contributed by atoms with Gasteiger partial charge in [0, 0.05) is 31.8 Å². The quantitative estimate of drug-likeness (QED) is 0.619. The predicted octanol–water partition coefficient (Wildman–Crippen LogP) is 4.02. The van der Waals surface area contributed by atoms with Gasteiger partial charge in [-0.15, -0.1) is 0 Å². The number of nitrogens with one attached hydrogen (secondary N) is 1. The van der Waals surface area contributed by atoms with Gasteiger partial charge < -0.3 is 19.5 Å². The number of fused-ring (bicyclic) bond motifs is 1.